The molecule has 1 aliphatic heterocycles. The van der Waals surface area contributed by atoms with Gasteiger partial charge in [-0.25, -0.2) is 4.79 Å². The van der Waals surface area contributed by atoms with E-state index in [1.54, 1.807) is 4.90 Å². The molecule has 0 spiro atoms. The van der Waals surface area contributed by atoms with Gasteiger partial charge < -0.3 is 10.2 Å². The van der Waals surface area contributed by atoms with E-state index in [4.69, 9.17) is 0 Å². The van der Waals surface area contributed by atoms with Crippen LogP contribution in [0.2, 0.25) is 0 Å². The van der Waals surface area contributed by atoms with Crippen molar-refractivity contribution in [3.05, 3.63) is 41.0 Å². The van der Waals surface area contributed by atoms with Gasteiger partial charge in [-0.2, -0.15) is 13.2 Å². The average Bonchev–Trinajstić information content (AvgIpc) is 3.31. The molecule has 1 aromatic carbocycles. The fourth-order valence-electron chi connectivity index (χ4n) is 2.78. The number of urea groups is 1. The molecule has 2 fully saturated rings. The molecule has 3 rings (SSSR count). The number of rotatable bonds is 1. The summed E-state index contributed by atoms with van der Waals surface area (Å²) < 4.78 is 38.8. The van der Waals surface area contributed by atoms with Gasteiger partial charge in [-0.05, 0) is 37.8 Å². The second-order valence-corrected chi connectivity index (χ2v) is 5.67. The first-order chi connectivity index (χ1) is 10.4. The van der Waals surface area contributed by atoms with E-state index in [1.165, 1.54) is 42.2 Å². The number of nitrogens with one attached hydrogen (secondary N) is 1. The quantitative estimate of drug-likeness (QED) is 0.765. The second kappa shape index (κ2) is 5.66. The molecule has 6 heteroatoms. The summed E-state index contributed by atoms with van der Waals surface area (Å²) in [5, 5.41) is 2.40. The number of para-hydroxylation sites is 1. The third-order valence-electron chi connectivity index (χ3n) is 4.13. The lowest BCUT2D eigenvalue weighted by Gasteiger charge is -2.29. The fraction of sp³-hybridized carbons (Fsp3) is 0.438. The van der Waals surface area contributed by atoms with E-state index in [9.17, 15) is 18.0 Å². The number of hydrogen-bond donors (Lipinski definition) is 1. The highest BCUT2D eigenvalue weighted by Gasteiger charge is 2.34. The number of hydrogen-bond acceptors (Lipinski definition) is 1. The van der Waals surface area contributed by atoms with Gasteiger partial charge in [0.05, 0.1) is 11.3 Å². The predicted molar refractivity (Wildman–Crippen MR) is 77.5 cm³/mol. The minimum absolute atomic E-state index is 0.189. The van der Waals surface area contributed by atoms with Gasteiger partial charge in [0.1, 0.15) is 0 Å². The van der Waals surface area contributed by atoms with Crippen molar-refractivity contribution >= 4 is 11.7 Å². The summed E-state index contributed by atoms with van der Waals surface area (Å²) in [5.41, 5.74) is 1.93. The lowest BCUT2D eigenvalue weighted by molar-refractivity contribution is -0.136. The summed E-state index contributed by atoms with van der Waals surface area (Å²) in [6.07, 6.45) is -0.469. The van der Waals surface area contributed by atoms with Crippen LogP contribution in [0.15, 0.2) is 35.4 Å². The number of amides is 2. The number of carbonyl (C=O) groups is 1. The van der Waals surface area contributed by atoms with Gasteiger partial charge in [0.2, 0.25) is 0 Å². The van der Waals surface area contributed by atoms with Crippen molar-refractivity contribution in [3.63, 3.8) is 0 Å². The normalized spacial score (nSPS) is 18.4. The van der Waals surface area contributed by atoms with Crippen LogP contribution in [-0.2, 0) is 6.18 Å². The van der Waals surface area contributed by atoms with Gasteiger partial charge in [0.15, 0.2) is 0 Å². The number of carbonyl (C=O) groups excluding carboxylic acids is 1. The van der Waals surface area contributed by atoms with Crippen LogP contribution in [0, 0.1) is 0 Å². The van der Waals surface area contributed by atoms with Gasteiger partial charge in [-0.3, -0.25) is 0 Å². The Hall–Kier alpha value is -1.98. The van der Waals surface area contributed by atoms with E-state index in [-0.39, 0.29) is 5.69 Å². The number of anilines is 1. The molecule has 0 aromatic heterocycles. The molecule has 0 unspecified atom stereocenters. The SMILES string of the molecule is O=C(Nc1ccccc1C(F)(F)F)N1CCC(=C2CC2)CC1. The third-order valence-corrected chi connectivity index (χ3v) is 4.13. The molecule has 1 N–H and O–H groups in total. The summed E-state index contributed by atoms with van der Waals surface area (Å²) in [7, 11) is 0. The van der Waals surface area contributed by atoms with Crippen LogP contribution in [0.25, 0.3) is 0 Å². The molecule has 1 saturated carbocycles. The number of benzene rings is 1. The van der Waals surface area contributed by atoms with Gasteiger partial charge in [-0.15, -0.1) is 0 Å². The van der Waals surface area contributed by atoms with Crippen LogP contribution >= 0.6 is 0 Å². The van der Waals surface area contributed by atoms with E-state index in [1.807, 2.05) is 0 Å². The predicted octanol–water partition coefficient (Wildman–Crippen LogP) is 4.42. The summed E-state index contributed by atoms with van der Waals surface area (Å²) in [5.74, 6) is 0. The number of allylic oxidation sites excluding steroid dienone is 1. The number of likely N-dealkylation sites (tertiary alicyclic amines) is 1. The van der Waals surface area contributed by atoms with E-state index in [2.05, 4.69) is 5.32 Å². The molecule has 1 saturated heterocycles. The van der Waals surface area contributed by atoms with Crippen molar-refractivity contribution in [2.24, 2.45) is 0 Å². The third kappa shape index (κ3) is 3.26. The Morgan fingerprint density at radius 2 is 1.59 bits per heavy atom. The van der Waals surface area contributed by atoms with Gasteiger partial charge >= 0.3 is 12.2 Å². The Morgan fingerprint density at radius 3 is 2.18 bits per heavy atom. The average molecular weight is 310 g/mol. The van der Waals surface area contributed by atoms with Crippen LogP contribution in [0.1, 0.15) is 31.2 Å². The highest BCUT2D eigenvalue weighted by atomic mass is 19.4. The van der Waals surface area contributed by atoms with Crippen molar-refractivity contribution in [1.29, 1.82) is 0 Å². The second-order valence-electron chi connectivity index (χ2n) is 5.67. The summed E-state index contributed by atoms with van der Waals surface area (Å²) in [6, 6.07) is 4.59. The van der Waals surface area contributed by atoms with E-state index >= 15 is 0 Å². The Balaban J connectivity index is 1.66. The minimum Gasteiger partial charge on any atom is -0.324 e. The molecule has 2 amide bonds. The Kier molecular flexibility index (Phi) is 3.85. The molecule has 22 heavy (non-hydrogen) atoms. The van der Waals surface area contributed by atoms with Crippen molar-refractivity contribution in [3.8, 4) is 0 Å². The zero-order valence-electron chi connectivity index (χ0n) is 12.0. The number of nitrogens with zero attached hydrogens (tertiary/aromatic N) is 1. The zero-order valence-corrected chi connectivity index (χ0v) is 12.0. The smallest absolute Gasteiger partial charge is 0.324 e. The molecule has 1 aliphatic carbocycles. The Morgan fingerprint density at radius 1 is 1.00 bits per heavy atom. The van der Waals surface area contributed by atoms with E-state index < -0.39 is 17.8 Å². The van der Waals surface area contributed by atoms with Crippen molar-refractivity contribution in [1.82, 2.24) is 4.90 Å². The summed E-state index contributed by atoms with van der Waals surface area (Å²) >= 11 is 0. The lowest BCUT2D eigenvalue weighted by atomic mass is 10.0. The molecule has 0 radical (unpaired) electrons. The molecule has 2 aliphatic rings. The molecular formula is C16H17F3N2O. The van der Waals surface area contributed by atoms with Crippen LogP contribution in [0.4, 0.5) is 23.7 Å². The maximum atomic E-state index is 12.9. The number of halogens is 3. The highest BCUT2D eigenvalue weighted by Crippen LogP contribution is 2.37. The lowest BCUT2D eigenvalue weighted by Crippen LogP contribution is -2.39. The summed E-state index contributed by atoms with van der Waals surface area (Å²) in [4.78, 5) is 13.8. The van der Waals surface area contributed by atoms with Crippen molar-refractivity contribution < 1.29 is 18.0 Å². The van der Waals surface area contributed by atoms with E-state index in [0.717, 1.165) is 18.9 Å². The largest absolute Gasteiger partial charge is 0.418 e. The van der Waals surface area contributed by atoms with Crippen LogP contribution < -0.4 is 5.32 Å². The maximum Gasteiger partial charge on any atom is 0.418 e. The molecule has 3 nitrogen and oxygen atoms in total. The van der Waals surface area contributed by atoms with Crippen LogP contribution in [0.3, 0.4) is 0 Å². The molecular weight excluding hydrogens is 293 g/mol. The monoisotopic (exact) mass is 310 g/mol. The van der Waals surface area contributed by atoms with E-state index in [0.29, 0.717) is 13.1 Å². The summed E-state index contributed by atoms with van der Waals surface area (Å²) in [6.45, 7) is 1.14. The van der Waals surface area contributed by atoms with Crippen molar-refractivity contribution in [2.45, 2.75) is 31.9 Å². The van der Waals surface area contributed by atoms with Gasteiger partial charge in [0.25, 0.3) is 0 Å². The first-order valence-electron chi connectivity index (χ1n) is 7.37. The highest BCUT2D eigenvalue weighted by molar-refractivity contribution is 5.90. The molecule has 0 atom stereocenters. The van der Waals surface area contributed by atoms with Crippen LogP contribution in [0.5, 0.6) is 0 Å². The molecule has 1 heterocycles. The van der Waals surface area contributed by atoms with Gasteiger partial charge in [0, 0.05) is 13.1 Å². The number of piperidine rings is 1. The first kappa shape index (κ1) is 14.9. The van der Waals surface area contributed by atoms with Gasteiger partial charge in [-0.1, -0.05) is 23.3 Å². The van der Waals surface area contributed by atoms with Crippen LogP contribution in [-0.4, -0.2) is 24.0 Å². The standard InChI is InChI=1S/C16H17F3N2O/c17-16(18,19)13-3-1-2-4-14(13)20-15(22)21-9-7-12(8-10-21)11-5-6-11/h1-4H,5-10H2,(H,20,22). The topological polar surface area (TPSA) is 32.3 Å². The Bertz CT molecular complexity index is 606. The number of alkyl halides is 3. The fourth-order valence-corrected chi connectivity index (χ4v) is 2.78. The zero-order chi connectivity index (χ0) is 15.7. The minimum atomic E-state index is -4.48. The maximum absolute atomic E-state index is 12.9. The Labute approximate surface area is 126 Å². The molecule has 118 valence electrons. The first-order valence-corrected chi connectivity index (χ1v) is 7.37. The molecule has 0 bridgehead atoms. The molecule has 1 aromatic rings. The van der Waals surface area contributed by atoms with Crippen molar-refractivity contribution in [2.75, 3.05) is 18.4 Å².